The molecule has 2 nitrogen and oxygen atoms in total. The van der Waals surface area contributed by atoms with Crippen LogP contribution >= 0.6 is 0 Å². The average molecular weight is 197 g/mol. The molecule has 0 aromatic carbocycles. The smallest absolute Gasteiger partial charge is 0.0508 e. The molecule has 2 aliphatic rings. The van der Waals surface area contributed by atoms with Crippen molar-refractivity contribution in [1.29, 1.82) is 0 Å². The minimum Gasteiger partial charge on any atom is -0.384 e. The first-order valence-electron chi connectivity index (χ1n) is 6.14. The lowest BCUT2D eigenvalue weighted by molar-refractivity contribution is 0.117. The molecule has 2 rings (SSSR count). The number of nitrogens with one attached hydrogen (secondary N) is 1. The van der Waals surface area contributed by atoms with Crippen LogP contribution in [0.2, 0.25) is 0 Å². The molecule has 0 aromatic heterocycles. The fraction of sp³-hybridized carbons (Fsp3) is 1.00. The van der Waals surface area contributed by atoms with Gasteiger partial charge in [0.1, 0.15) is 0 Å². The van der Waals surface area contributed by atoms with Crippen molar-refractivity contribution in [2.75, 3.05) is 20.3 Å². The molecule has 1 N–H and O–H groups in total. The van der Waals surface area contributed by atoms with Crippen molar-refractivity contribution in [3.05, 3.63) is 0 Å². The zero-order valence-electron chi connectivity index (χ0n) is 9.30. The van der Waals surface area contributed by atoms with E-state index in [1.54, 1.807) is 0 Å². The Labute approximate surface area is 87.4 Å². The normalized spacial score (nSPS) is 31.1. The van der Waals surface area contributed by atoms with E-state index in [1.165, 1.54) is 45.1 Å². The highest BCUT2D eigenvalue weighted by Gasteiger charge is 2.36. The average Bonchev–Trinajstić information content (AvgIpc) is 3.02. The highest BCUT2D eigenvalue weighted by Crippen LogP contribution is 2.39. The van der Waals surface area contributed by atoms with Crippen LogP contribution in [0.1, 0.15) is 38.5 Å². The van der Waals surface area contributed by atoms with Gasteiger partial charge in [0, 0.05) is 19.1 Å². The third-order valence-electron chi connectivity index (χ3n) is 3.70. The number of ether oxygens (including phenoxy) is 1. The molecular formula is C12H23NO. The molecule has 1 aliphatic carbocycles. The van der Waals surface area contributed by atoms with Gasteiger partial charge < -0.3 is 10.1 Å². The van der Waals surface area contributed by atoms with Gasteiger partial charge >= 0.3 is 0 Å². The third kappa shape index (κ3) is 2.71. The summed E-state index contributed by atoms with van der Waals surface area (Å²) in [5, 5.41) is 3.71. The van der Waals surface area contributed by atoms with Gasteiger partial charge in [0.2, 0.25) is 0 Å². The van der Waals surface area contributed by atoms with Gasteiger partial charge in [-0.05, 0) is 38.1 Å². The summed E-state index contributed by atoms with van der Waals surface area (Å²) in [7, 11) is 1.84. The largest absolute Gasteiger partial charge is 0.384 e. The van der Waals surface area contributed by atoms with E-state index in [-0.39, 0.29) is 0 Å². The maximum atomic E-state index is 5.36. The van der Waals surface area contributed by atoms with Crippen molar-refractivity contribution >= 4 is 0 Å². The molecule has 0 spiro atoms. The predicted molar refractivity (Wildman–Crippen MR) is 58.3 cm³/mol. The summed E-state index contributed by atoms with van der Waals surface area (Å²) in [5.74, 6) is 1.75. The summed E-state index contributed by atoms with van der Waals surface area (Å²) in [4.78, 5) is 0. The lowest BCUT2D eigenvalue weighted by atomic mass is 9.92. The van der Waals surface area contributed by atoms with Crippen LogP contribution in [0.15, 0.2) is 0 Å². The van der Waals surface area contributed by atoms with E-state index in [1.807, 2.05) is 7.11 Å². The fourth-order valence-electron chi connectivity index (χ4n) is 2.72. The number of hydrogen-bond acceptors (Lipinski definition) is 2. The molecule has 0 aromatic rings. The molecule has 1 heterocycles. The molecule has 0 radical (unpaired) electrons. The molecule has 2 atom stereocenters. The Morgan fingerprint density at radius 2 is 2.07 bits per heavy atom. The van der Waals surface area contributed by atoms with Crippen LogP contribution < -0.4 is 5.32 Å². The Balaban J connectivity index is 1.86. The summed E-state index contributed by atoms with van der Waals surface area (Å²) in [6, 6.07) is 0.741. The SMILES string of the molecule is COCC(C1CC1)C1CCCCCN1. The van der Waals surface area contributed by atoms with E-state index in [0.717, 1.165) is 24.5 Å². The first kappa shape index (κ1) is 10.4. The molecule has 2 heteroatoms. The minimum atomic E-state index is 0.741. The van der Waals surface area contributed by atoms with E-state index in [4.69, 9.17) is 4.74 Å². The second-order valence-electron chi connectivity index (χ2n) is 4.87. The molecule has 1 saturated heterocycles. The molecule has 2 fully saturated rings. The van der Waals surface area contributed by atoms with Gasteiger partial charge in [-0.1, -0.05) is 12.8 Å². The van der Waals surface area contributed by atoms with Crippen LogP contribution in [0.3, 0.4) is 0 Å². The van der Waals surface area contributed by atoms with E-state index in [2.05, 4.69) is 5.32 Å². The van der Waals surface area contributed by atoms with Gasteiger partial charge in [-0.2, -0.15) is 0 Å². The molecule has 2 unspecified atom stereocenters. The summed E-state index contributed by atoms with van der Waals surface area (Å²) in [5.41, 5.74) is 0. The summed E-state index contributed by atoms with van der Waals surface area (Å²) in [6.45, 7) is 2.18. The second kappa shape index (κ2) is 5.13. The number of rotatable bonds is 4. The van der Waals surface area contributed by atoms with Crippen molar-refractivity contribution < 1.29 is 4.74 Å². The van der Waals surface area contributed by atoms with E-state index in [9.17, 15) is 0 Å². The molecule has 82 valence electrons. The Morgan fingerprint density at radius 3 is 2.79 bits per heavy atom. The van der Waals surface area contributed by atoms with Crippen molar-refractivity contribution in [3.8, 4) is 0 Å². The monoisotopic (exact) mass is 197 g/mol. The van der Waals surface area contributed by atoms with Gasteiger partial charge in [0.05, 0.1) is 6.61 Å². The van der Waals surface area contributed by atoms with E-state index < -0.39 is 0 Å². The van der Waals surface area contributed by atoms with Crippen LogP contribution in [0, 0.1) is 11.8 Å². The second-order valence-corrected chi connectivity index (χ2v) is 4.87. The van der Waals surface area contributed by atoms with Crippen molar-refractivity contribution in [2.24, 2.45) is 11.8 Å². The standard InChI is InChI=1S/C12H23NO/c1-14-9-11(10-6-7-10)12-5-3-2-4-8-13-12/h10-13H,2-9H2,1H3. The Kier molecular flexibility index (Phi) is 3.82. The lowest BCUT2D eigenvalue weighted by Gasteiger charge is -2.26. The summed E-state index contributed by atoms with van der Waals surface area (Å²) < 4.78 is 5.36. The van der Waals surface area contributed by atoms with E-state index in [0.29, 0.717) is 0 Å². The highest BCUT2D eigenvalue weighted by molar-refractivity contribution is 4.89. The zero-order valence-corrected chi connectivity index (χ0v) is 9.30. The first-order valence-corrected chi connectivity index (χ1v) is 6.14. The molecule has 1 aliphatic heterocycles. The van der Waals surface area contributed by atoms with Crippen LogP contribution in [0.25, 0.3) is 0 Å². The van der Waals surface area contributed by atoms with Gasteiger partial charge in [0.25, 0.3) is 0 Å². The summed E-state index contributed by atoms with van der Waals surface area (Å²) in [6.07, 6.45) is 8.42. The molecular weight excluding hydrogens is 174 g/mol. The Hall–Kier alpha value is -0.0800. The van der Waals surface area contributed by atoms with Crippen LogP contribution in [0.4, 0.5) is 0 Å². The zero-order chi connectivity index (χ0) is 9.80. The molecule has 0 bridgehead atoms. The van der Waals surface area contributed by atoms with E-state index >= 15 is 0 Å². The highest BCUT2D eigenvalue weighted by atomic mass is 16.5. The topological polar surface area (TPSA) is 21.3 Å². The fourth-order valence-corrected chi connectivity index (χ4v) is 2.72. The van der Waals surface area contributed by atoms with Crippen LogP contribution in [-0.4, -0.2) is 26.3 Å². The maximum Gasteiger partial charge on any atom is 0.0508 e. The summed E-state index contributed by atoms with van der Waals surface area (Å²) >= 11 is 0. The molecule has 0 amide bonds. The third-order valence-corrected chi connectivity index (χ3v) is 3.70. The van der Waals surface area contributed by atoms with Gasteiger partial charge in [0.15, 0.2) is 0 Å². The minimum absolute atomic E-state index is 0.741. The van der Waals surface area contributed by atoms with Gasteiger partial charge in [-0.25, -0.2) is 0 Å². The first-order chi connectivity index (χ1) is 6.92. The quantitative estimate of drug-likeness (QED) is 0.746. The molecule has 14 heavy (non-hydrogen) atoms. The number of hydrogen-bond donors (Lipinski definition) is 1. The van der Waals surface area contributed by atoms with Crippen molar-refractivity contribution in [1.82, 2.24) is 5.32 Å². The maximum absolute atomic E-state index is 5.36. The Morgan fingerprint density at radius 1 is 1.21 bits per heavy atom. The van der Waals surface area contributed by atoms with Crippen LogP contribution in [-0.2, 0) is 4.74 Å². The van der Waals surface area contributed by atoms with Gasteiger partial charge in [-0.15, -0.1) is 0 Å². The molecule has 1 saturated carbocycles. The Bertz CT molecular complexity index is 160. The van der Waals surface area contributed by atoms with Crippen LogP contribution in [0.5, 0.6) is 0 Å². The van der Waals surface area contributed by atoms with Gasteiger partial charge in [-0.3, -0.25) is 0 Å². The van der Waals surface area contributed by atoms with Crippen molar-refractivity contribution in [2.45, 2.75) is 44.6 Å². The number of methoxy groups -OCH3 is 1. The predicted octanol–water partition coefficient (Wildman–Crippen LogP) is 2.19. The lowest BCUT2D eigenvalue weighted by Crippen LogP contribution is -2.38. The van der Waals surface area contributed by atoms with Crippen molar-refractivity contribution in [3.63, 3.8) is 0 Å².